The van der Waals surface area contributed by atoms with Gasteiger partial charge in [0, 0.05) is 11.7 Å². The standard InChI is InChI=1S/C25H33N3O4S/c1-17-13-18(2)25(19(3)14-17)33(31,32)28(22-7-5-4-6-8-22)16-24(30)27-21-11-9-20(10-12-21)15-23(26)29/h9-14,22H,4-8,15-16H2,1-3H3,(H2,26,29)(H,27,30). The van der Waals surface area contributed by atoms with Crippen molar-refractivity contribution in [3.8, 4) is 0 Å². The van der Waals surface area contributed by atoms with Crippen LogP contribution in [-0.2, 0) is 26.0 Å². The summed E-state index contributed by atoms with van der Waals surface area (Å²) in [6, 6.07) is 10.3. The lowest BCUT2D eigenvalue weighted by atomic mass is 9.95. The molecule has 0 radical (unpaired) electrons. The van der Waals surface area contributed by atoms with Crippen molar-refractivity contribution in [1.82, 2.24) is 4.31 Å². The van der Waals surface area contributed by atoms with Crippen LogP contribution < -0.4 is 11.1 Å². The van der Waals surface area contributed by atoms with Crippen molar-refractivity contribution in [1.29, 1.82) is 0 Å². The molecule has 3 N–H and O–H groups in total. The highest BCUT2D eigenvalue weighted by atomic mass is 32.2. The monoisotopic (exact) mass is 471 g/mol. The summed E-state index contributed by atoms with van der Waals surface area (Å²) in [6.07, 6.45) is 4.60. The van der Waals surface area contributed by atoms with E-state index in [1.54, 1.807) is 38.1 Å². The van der Waals surface area contributed by atoms with Gasteiger partial charge in [-0.1, -0.05) is 49.1 Å². The van der Waals surface area contributed by atoms with Crippen LogP contribution in [0, 0.1) is 20.8 Å². The number of rotatable bonds is 8. The van der Waals surface area contributed by atoms with E-state index in [4.69, 9.17) is 5.73 Å². The summed E-state index contributed by atoms with van der Waals surface area (Å²) in [7, 11) is -3.87. The summed E-state index contributed by atoms with van der Waals surface area (Å²) in [4.78, 5) is 24.3. The third kappa shape index (κ3) is 6.21. The number of amides is 2. The summed E-state index contributed by atoms with van der Waals surface area (Å²) in [5.74, 6) is -0.823. The SMILES string of the molecule is Cc1cc(C)c(S(=O)(=O)N(CC(=O)Nc2ccc(CC(N)=O)cc2)C2CCCCC2)c(C)c1. The maximum atomic E-state index is 13.8. The topological polar surface area (TPSA) is 110 Å². The van der Waals surface area contributed by atoms with E-state index in [1.807, 2.05) is 19.1 Å². The quantitative estimate of drug-likeness (QED) is 0.613. The zero-order valence-corrected chi connectivity index (χ0v) is 20.4. The molecule has 2 aromatic rings. The Kier molecular flexibility index (Phi) is 7.92. The van der Waals surface area contributed by atoms with Crippen LogP contribution in [0.5, 0.6) is 0 Å². The highest BCUT2D eigenvalue weighted by molar-refractivity contribution is 7.89. The molecule has 1 fully saturated rings. The molecule has 0 saturated heterocycles. The number of carbonyl (C=O) groups is 2. The van der Waals surface area contributed by atoms with Gasteiger partial charge in [0.25, 0.3) is 0 Å². The molecule has 1 saturated carbocycles. The number of nitrogens with one attached hydrogen (secondary N) is 1. The molecule has 1 aliphatic carbocycles. The molecule has 0 aromatic heterocycles. The first kappa shape index (κ1) is 24.9. The second-order valence-electron chi connectivity index (χ2n) is 8.96. The molecule has 2 amide bonds. The summed E-state index contributed by atoms with van der Waals surface area (Å²) in [6.45, 7) is 5.31. The number of aryl methyl sites for hydroxylation is 3. The Morgan fingerprint density at radius 2 is 1.58 bits per heavy atom. The Morgan fingerprint density at radius 1 is 1.00 bits per heavy atom. The first-order valence-corrected chi connectivity index (χ1v) is 12.8. The van der Waals surface area contributed by atoms with Crippen molar-refractivity contribution in [2.24, 2.45) is 5.73 Å². The van der Waals surface area contributed by atoms with Crippen molar-refractivity contribution in [3.05, 3.63) is 58.7 Å². The lowest BCUT2D eigenvalue weighted by Crippen LogP contribution is -2.46. The van der Waals surface area contributed by atoms with Crippen LogP contribution in [0.15, 0.2) is 41.3 Å². The highest BCUT2D eigenvalue weighted by Gasteiger charge is 2.35. The minimum atomic E-state index is -3.87. The van der Waals surface area contributed by atoms with Crippen LogP contribution >= 0.6 is 0 Å². The van der Waals surface area contributed by atoms with Gasteiger partial charge in [0.2, 0.25) is 21.8 Å². The molecule has 33 heavy (non-hydrogen) atoms. The molecule has 0 spiro atoms. The second kappa shape index (κ2) is 10.5. The molecule has 178 valence electrons. The Balaban J connectivity index is 1.85. The number of hydrogen-bond donors (Lipinski definition) is 2. The molecule has 3 rings (SSSR count). The lowest BCUT2D eigenvalue weighted by Gasteiger charge is -2.33. The van der Waals surface area contributed by atoms with Crippen LogP contribution in [0.25, 0.3) is 0 Å². The van der Waals surface area contributed by atoms with Gasteiger partial charge >= 0.3 is 0 Å². The second-order valence-corrected chi connectivity index (χ2v) is 10.8. The fourth-order valence-corrected chi connectivity index (χ4v) is 6.78. The zero-order chi connectivity index (χ0) is 24.2. The summed E-state index contributed by atoms with van der Waals surface area (Å²) >= 11 is 0. The Morgan fingerprint density at radius 3 is 2.12 bits per heavy atom. The van der Waals surface area contributed by atoms with Gasteiger partial charge in [-0.15, -0.1) is 0 Å². The number of benzene rings is 2. The molecule has 0 bridgehead atoms. The average Bonchev–Trinajstić information content (AvgIpc) is 2.72. The maximum Gasteiger partial charge on any atom is 0.244 e. The first-order valence-electron chi connectivity index (χ1n) is 11.3. The number of anilines is 1. The smallest absolute Gasteiger partial charge is 0.244 e. The van der Waals surface area contributed by atoms with Gasteiger partial charge in [0.15, 0.2) is 0 Å². The number of carbonyl (C=O) groups excluding carboxylic acids is 2. The maximum absolute atomic E-state index is 13.8. The molecule has 8 heteroatoms. The number of primary amides is 1. The Labute approximate surface area is 196 Å². The Hall–Kier alpha value is -2.71. The fraction of sp³-hybridized carbons (Fsp3) is 0.440. The van der Waals surface area contributed by atoms with E-state index < -0.39 is 21.8 Å². The molecule has 1 aliphatic rings. The van der Waals surface area contributed by atoms with Crippen molar-refractivity contribution in [2.45, 2.75) is 70.2 Å². The van der Waals surface area contributed by atoms with Crippen LogP contribution in [0.2, 0.25) is 0 Å². The van der Waals surface area contributed by atoms with E-state index in [9.17, 15) is 18.0 Å². The fourth-order valence-electron chi connectivity index (χ4n) is 4.72. The van der Waals surface area contributed by atoms with E-state index in [0.717, 1.165) is 43.2 Å². The number of hydrogen-bond acceptors (Lipinski definition) is 4. The molecule has 0 atom stereocenters. The van der Waals surface area contributed by atoms with E-state index in [0.29, 0.717) is 21.7 Å². The predicted molar refractivity (Wildman–Crippen MR) is 129 cm³/mol. The van der Waals surface area contributed by atoms with Crippen LogP contribution in [0.4, 0.5) is 5.69 Å². The Bertz CT molecular complexity index is 1100. The average molecular weight is 472 g/mol. The minimum Gasteiger partial charge on any atom is -0.369 e. The van der Waals surface area contributed by atoms with Gasteiger partial charge in [-0.05, 0) is 62.4 Å². The third-order valence-corrected chi connectivity index (χ3v) is 8.27. The lowest BCUT2D eigenvalue weighted by molar-refractivity contribution is -0.118. The van der Waals surface area contributed by atoms with Gasteiger partial charge in [-0.25, -0.2) is 8.42 Å². The number of nitrogens with two attached hydrogens (primary N) is 1. The molecule has 7 nitrogen and oxygen atoms in total. The zero-order valence-electron chi connectivity index (χ0n) is 19.6. The van der Waals surface area contributed by atoms with Gasteiger partial charge in [-0.2, -0.15) is 4.31 Å². The predicted octanol–water partition coefficient (Wildman–Crippen LogP) is 3.60. The summed E-state index contributed by atoms with van der Waals surface area (Å²) in [5.41, 5.74) is 8.89. The first-order chi connectivity index (χ1) is 15.6. The van der Waals surface area contributed by atoms with Gasteiger partial charge in [0.05, 0.1) is 17.9 Å². The highest BCUT2D eigenvalue weighted by Crippen LogP contribution is 2.31. The third-order valence-electron chi connectivity index (χ3n) is 6.07. The largest absolute Gasteiger partial charge is 0.369 e. The van der Waals surface area contributed by atoms with E-state index >= 15 is 0 Å². The van der Waals surface area contributed by atoms with Crippen LogP contribution in [-0.4, -0.2) is 37.1 Å². The van der Waals surface area contributed by atoms with Crippen molar-refractivity contribution in [2.75, 3.05) is 11.9 Å². The molecule has 0 aliphatic heterocycles. The van der Waals surface area contributed by atoms with Gasteiger partial charge in [0.1, 0.15) is 0 Å². The molecule has 0 unspecified atom stereocenters. The number of nitrogens with zero attached hydrogens (tertiary/aromatic N) is 1. The van der Waals surface area contributed by atoms with Crippen LogP contribution in [0.3, 0.4) is 0 Å². The minimum absolute atomic E-state index is 0.122. The normalized spacial score (nSPS) is 14.9. The van der Waals surface area contributed by atoms with E-state index in [1.165, 1.54) is 4.31 Å². The van der Waals surface area contributed by atoms with E-state index in [-0.39, 0.29) is 19.0 Å². The molecule has 0 heterocycles. The van der Waals surface area contributed by atoms with Crippen LogP contribution in [0.1, 0.15) is 54.4 Å². The van der Waals surface area contributed by atoms with Gasteiger partial charge < -0.3 is 11.1 Å². The molecule has 2 aromatic carbocycles. The van der Waals surface area contributed by atoms with Crippen molar-refractivity contribution >= 4 is 27.5 Å². The van der Waals surface area contributed by atoms with Crippen molar-refractivity contribution < 1.29 is 18.0 Å². The molecular formula is C25H33N3O4S. The van der Waals surface area contributed by atoms with Crippen molar-refractivity contribution in [3.63, 3.8) is 0 Å². The van der Waals surface area contributed by atoms with E-state index in [2.05, 4.69) is 5.32 Å². The number of sulfonamides is 1. The van der Waals surface area contributed by atoms with Gasteiger partial charge in [-0.3, -0.25) is 9.59 Å². The summed E-state index contributed by atoms with van der Waals surface area (Å²) in [5, 5.41) is 2.79. The molecular weight excluding hydrogens is 438 g/mol. The summed E-state index contributed by atoms with van der Waals surface area (Å²) < 4.78 is 29.0.